The maximum Gasteiger partial charge on any atom is 0.336 e. The summed E-state index contributed by atoms with van der Waals surface area (Å²) < 4.78 is 0. The Bertz CT molecular complexity index is 364. The molecule has 0 aromatic heterocycles. The Balaban J connectivity index is 2.99. The lowest BCUT2D eigenvalue weighted by atomic mass is 10.1. The predicted molar refractivity (Wildman–Crippen MR) is 60.3 cm³/mol. The lowest BCUT2D eigenvalue weighted by Crippen LogP contribution is -2.25. The molecule has 0 bridgehead atoms. The molecule has 0 aliphatic carbocycles. The Hall–Kier alpha value is -1.55. The zero-order chi connectivity index (χ0) is 11.4. The number of anilines is 1. The molecule has 0 fully saturated rings. The molecule has 1 aromatic rings. The topological polar surface area (TPSA) is 75.3 Å². The summed E-state index contributed by atoms with van der Waals surface area (Å²) in [6.07, 6.45) is 0. The van der Waals surface area contributed by atoms with Crippen molar-refractivity contribution in [2.75, 3.05) is 11.9 Å². The van der Waals surface area contributed by atoms with Crippen LogP contribution in [0.1, 0.15) is 22.8 Å². The van der Waals surface area contributed by atoms with Gasteiger partial charge >= 0.3 is 5.97 Å². The summed E-state index contributed by atoms with van der Waals surface area (Å²) >= 11 is 0. The van der Waals surface area contributed by atoms with Crippen molar-refractivity contribution in [1.29, 1.82) is 0 Å². The van der Waals surface area contributed by atoms with Gasteiger partial charge in [-0.2, -0.15) is 0 Å². The molecule has 0 saturated heterocycles. The van der Waals surface area contributed by atoms with Gasteiger partial charge in [-0.15, -0.1) is 0 Å². The molecule has 0 aliphatic rings. The zero-order valence-corrected chi connectivity index (χ0v) is 8.95. The van der Waals surface area contributed by atoms with E-state index in [0.29, 0.717) is 12.1 Å². The third-order valence-electron chi connectivity index (χ3n) is 2.32. The molecule has 0 saturated carbocycles. The Labute approximate surface area is 89.1 Å². The predicted octanol–water partition coefficient (Wildman–Crippen LogP) is 1.45. The molecule has 0 aliphatic heterocycles. The van der Waals surface area contributed by atoms with Gasteiger partial charge in [0.05, 0.1) is 5.56 Å². The number of aromatic carboxylic acids is 1. The van der Waals surface area contributed by atoms with Crippen LogP contribution >= 0.6 is 0 Å². The minimum absolute atomic E-state index is 0.132. The molecule has 1 unspecified atom stereocenters. The van der Waals surface area contributed by atoms with Crippen LogP contribution in [0.4, 0.5) is 5.69 Å². The molecular weight excluding hydrogens is 192 g/mol. The highest BCUT2D eigenvalue weighted by molar-refractivity contribution is 5.91. The molecule has 0 amide bonds. The normalized spacial score (nSPS) is 12.2. The fraction of sp³-hybridized carbons (Fsp3) is 0.364. The number of carboxylic acids is 1. The SMILES string of the molecule is Cc1c(NC(C)CN)cccc1C(=O)O. The molecule has 0 radical (unpaired) electrons. The minimum atomic E-state index is -0.906. The molecule has 1 aromatic carbocycles. The summed E-state index contributed by atoms with van der Waals surface area (Å²) in [5, 5.41) is 12.1. The van der Waals surface area contributed by atoms with Crippen LogP contribution < -0.4 is 11.1 Å². The van der Waals surface area contributed by atoms with Crippen molar-refractivity contribution >= 4 is 11.7 Å². The average Bonchev–Trinajstić information content (AvgIpc) is 2.20. The van der Waals surface area contributed by atoms with E-state index in [4.69, 9.17) is 10.8 Å². The molecule has 82 valence electrons. The number of carboxylic acid groups (broad SMARTS) is 1. The van der Waals surface area contributed by atoms with E-state index < -0.39 is 5.97 Å². The van der Waals surface area contributed by atoms with E-state index in [2.05, 4.69) is 5.32 Å². The van der Waals surface area contributed by atoms with Crippen LogP contribution in [-0.2, 0) is 0 Å². The number of nitrogens with one attached hydrogen (secondary N) is 1. The first-order valence-electron chi connectivity index (χ1n) is 4.85. The van der Waals surface area contributed by atoms with E-state index in [1.165, 1.54) is 0 Å². The molecule has 4 heteroatoms. The number of hydrogen-bond acceptors (Lipinski definition) is 3. The fourth-order valence-electron chi connectivity index (χ4n) is 1.35. The molecular formula is C11H16N2O2. The smallest absolute Gasteiger partial charge is 0.336 e. The van der Waals surface area contributed by atoms with Gasteiger partial charge in [-0.05, 0) is 31.5 Å². The maximum absolute atomic E-state index is 10.9. The second-order valence-corrected chi connectivity index (χ2v) is 3.56. The van der Waals surface area contributed by atoms with Crippen LogP contribution in [0.15, 0.2) is 18.2 Å². The second kappa shape index (κ2) is 4.79. The maximum atomic E-state index is 10.9. The summed E-state index contributed by atoms with van der Waals surface area (Å²) in [4.78, 5) is 10.9. The quantitative estimate of drug-likeness (QED) is 0.700. The van der Waals surface area contributed by atoms with Crippen LogP contribution in [0.25, 0.3) is 0 Å². The van der Waals surface area contributed by atoms with Crippen molar-refractivity contribution in [3.8, 4) is 0 Å². The van der Waals surface area contributed by atoms with Crippen molar-refractivity contribution < 1.29 is 9.90 Å². The molecule has 4 nitrogen and oxygen atoms in total. The Morgan fingerprint density at radius 2 is 2.27 bits per heavy atom. The van der Waals surface area contributed by atoms with Gasteiger partial charge in [-0.25, -0.2) is 4.79 Å². The van der Waals surface area contributed by atoms with Gasteiger partial charge in [0.2, 0.25) is 0 Å². The average molecular weight is 208 g/mol. The van der Waals surface area contributed by atoms with E-state index >= 15 is 0 Å². The Kier molecular flexibility index (Phi) is 3.68. The van der Waals surface area contributed by atoms with Crippen molar-refractivity contribution in [1.82, 2.24) is 0 Å². The van der Waals surface area contributed by atoms with Crippen molar-refractivity contribution in [2.24, 2.45) is 5.73 Å². The summed E-state index contributed by atoms with van der Waals surface area (Å²) in [6.45, 7) is 4.25. The van der Waals surface area contributed by atoms with E-state index in [9.17, 15) is 4.79 Å². The summed E-state index contributed by atoms with van der Waals surface area (Å²) in [6, 6.07) is 5.30. The monoisotopic (exact) mass is 208 g/mol. The van der Waals surface area contributed by atoms with E-state index in [-0.39, 0.29) is 6.04 Å². The number of hydrogen-bond donors (Lipinski definition) is 3. The van der Waals surface area contributed by atoms with Gasteiger partial charge in [-0.1, -0.05) is 6.07 Å². The van der Waals surface area contributed by atoms with Crippen LogP contribution in [0.2, 0.25) is 0 Å². The summed E-state index contributed by atoms with van der Waals surface area (Å²) in [5.41, 5.74) is 7.38. The van der Waals surface area contributed by atoms with Gasteiger partial charge in [0.25, 0.3) is 0 Å². The van der Waals surface area contributed by atoms with Crippen LogP contribution in [-0.4, -0.2) is 23.7 Å². The third-order valence-corrected chi connectivity index (χ3v) is 2.32. The second-order valence-electron chi connectivity index (χ2n) is 3.56. The van der Waals surface area contributed by atoms with Crippen LogP contribution in [0.5, 0.6) is 0 Å². The van der Waals surface area contributed by atoms with Gasteiger partial charge < -0.3 is 16.2 Å². The molecule has 15 heavy (non-hydrogen) atoms. The number of carbonyl (C=O) groups is 1. The van der Waals surface area contributed by atoms with Crippen LogP contribution in [0.3, 0.4) is 0 Å². The lowest BCUT2D eigenvalue weighted by molar-refractivity contribution is 0.0696. The molecule has 0 spiro atoms. The van der Waals surface area contributed by atoms with Gasteiger partial charge in [0.1, 0.15) is 0 Å². The minimum Gasteiger partial charge on any atom is -0.478 e. The van der Waals surface area contributed by atoms with E-state index in [1.54, 1.807) is 19.1 Å². The first-order chi connectivity index (χ1) is 7.06. The molecule has 0 heterocycles. The molecule has 4 N–H and O–H groups in total. The largest absolute Gasteiger partial charge is 0.478 e. The highest BCUT2D eigenvalue weighted by atomic mass is 16.4. The number of nitrogens with two attached hydrogens (primary N) is 1. The summed E-state index contributed by atoms with van der Waals surface area (Å²) in [5.74, 6) is -0.906. The lowest BCUT2D eigenvalue weighted by Gasteiger charge is -2.16. The third kappa shape index (κ3) is 2.70. The standard InChI is InChI=1S/C11H16N2O2/c1-7(6-12)13-10-5-3-4-9(8(10)2)11(14)15/h3-5,7,13H,6,12H2,1-2H3,(H,14,15). The molecule has 1 rings (SSSR count). The highest BCUT2D eigenvalue weighted by Gasteiger charge is 2.10. The molecule has 1 atom stereocenters. The van der Waals surface area contributed by atoms with E-state index in [0.717, 1.165) is 11.3 Å². The summed E-state index contributed by atoms with van der Waals surface area (Å²) in [7, 11) is 0. The Morgan fingerprint density at radius 1 is 1.60 bits per heavy atom. The van der Waals surface area contributed by atoms with Gasteiger partial charge in [0, 0.05) is 18.3 Å². The van der Waals surface area contributed by atoms with Gasteiger partial charge in [-0.3, -0.25) is 0 Å². The van der Waals surface area contributed by atoms with Crippen molar-refractivity contribution in [3.63, 3.8) is 0 Å². The Morgan fingerprint density at radius 3 is 2.80 bits per heavy atom. The zero-order valence-electron chi connectivity index (χ0n) is 8.95. The fourth-order valence-corrected chi connectivity index (χ4v) is 1.35. The van der Waals surface area contributed by atoms with Crippen molar-refractivity contribution in [3.05, 3.63) is 29.3 Å². The van der Waals surface area contributed by atoms with Gasteiger partial charge in [0.15, 0.2) is 0 Å². The van der Waals surface area contributed by atoms with Crippen LogP contribution in [0, 0.1) is 6.92 Å². The number of rotatable bonds is 4. The first-order valence-corrected chi connectivity index (χ1v) is 4.85. The van der Waals surface area contributed by atoms with E-state index in [1.807, 2.05) is 13.0 Å². The highest BCUT2D eigenvalue weighted by Crippen LogP contribution is 2.19. The number of benzene rings is 1. The van der Waals surface area contributed by atoms with Crippen molar-refractivity contribution in [2.45, 2.75) is 19.9 Å². The first kappa shape index (κ1) is 11.5.